The van der Waals surface area contributed by atoms with Crippen molar-refractivity contribution >= 4 is 11.7 Å². The number of carbonyl (C=O) groups excluding carboxylic acids is 1. The van der Waals surface area contributed by atoms with E-state index < -0.39 is 0 Å². The Balaban J connectivity index is 1.31. The number of hydrogen-bond donors (Lipinski definition) is 1. The maximum atomic E-state index is 12.9. The van der Waals surface area contributed by atoms with E-state index in [0.717, 1.165) is 53.3 Å². The molecule has 1 unspecified atom stereocenters. The van der Waals surface area contributed by atoms with Gasteiger partial charge in [-0.15, -0.1) is 0 Å². The summed E-state index contributed by atoms with van der Waals surface area (Å²) in [7, 11) is 0. The fourth-order valence-electron chi connectivity index (χ4n) is 3.68. The van der Waals surface area contributed by atoms with Crippen molar-refractivity contribution in [3.8, 4) is 17.2 Å². The maximum absolute atomic E-state index is 12.9. The summed E-state index contributed by atoms with van der Waals surface area (Å²) in [6, 6.07) is 11.9. The molecule has 1 N–H and O–H groups in total. The summed E-state index contributed by atoms with van der Waals surface area (Å²) >= 11 is 0. The van der Waals surface area contributed by atoms with E-state index >= 15 is 0 Å². The first kappa shape index (κ1) is 16.3. The number of carbonyl (C=O) groups is 1. The highest BCUT2D eigenvalue weighted by Gasteiger charge is 2.33. The maximum Gasteiger partial charge on any atom is 0.322 e. The van der Waals surface area contributed by atoms with E-state index in [2.05, 4.69) is 12.2 Å². The number of amides is 2. The molecule has 0 radical (unpaired) electrons. The molecule has 1 atom stereocenters. The van der Waals surface area contributed by atoms with E-state index in [4.69, 9.17) is 14.2 Å². The molecule has 3 aliphatic rings. The summed E-state index contributed by atoms with van der Waals surface area (Å²) in [6.07, 6.45) is 3.17. The molecule has 6 heteroatoms. The molecule has 27 heavy (non-hydrogen) atoms. The van der Waals surface area contributed by atoms with Crippen molar-refractivity contribution in [2.24, 2.45) is 0 Å². The quantitative estimate of drug-likeness (QED) is 0.891. The molecule has 2 aromatic carbocycles. The van der Waals surface area contributed by atoms with Crippen LogP contribution in [0.4, 0.5) is 10.5 Å². The van der Waals surface area contributed by atoms with Crippen LogP contribution in [0, 0.1) is 0 Å². The van der Waals surface area contributed by atoms with Crippen LogP contribution in [-0.4, -0.2) is 29.9 Å². The van der Waals surface area contributed by atoms with Crippen LogP contribution in [0.1, 0.15) is 30.9 Å². The highest BCUT2D eigenvalue weighted by Crippen LogP contribution is 2.35. The van der Waals surface area contributed by atoms with Crippen LogP contribution in [-0.2, 0) is 13.0 Å². The van der Waals surface area contributed by atoms with E-state index in [0.29, 0.717) is 12.6 Å². The topological polar surface area (TPSA) is 60.0 Å². The number of anilines is 1. The zero-order valence-corrected chi connectivity index (χ0v) is 15.2. The van der Waals surface area contributed by atoms with E-state index in [1.807, 2.05) is 41.3 Å². The van der Waals surface area contributed by atoms with Crippen molar-refractivity contribution in [1.29, 1.82) is 0 Å². The Bertz CT molecular complexity index is 894. The van der Waals surface area contributed by atoms with E-state index in [-0.39, 0.29) is 18.9 Å². The van der Waals surface area contributed by atoms with E-state index in [9.17, 15) is 4.79 Å². The lowest BCUT2D eigenvalue weighted by Gasteiger charge is -2.23. The number of nitrogens with one attached hydrogen (secondary N) is 1. The third-order valence-electron chi connectivity index (χ3n) is 5.19. The normalized spacial score (nSPS) is 19.4. The average Bonchev–Trinajstić information content (AvgIpc) is 3.26. The van der Waals surface area contributed by atoms with Crippen LogP contribution >= 0.6 is 0 Å². The molecular weight excluding hydrogens is 344 g/mol. The van der Waals surface area contributed by atoms with Crippen LogP contribution in [0.3, 0.4) is 0 Å². The zero-order chi connectivity index (χ0) is 18.4. The van der Waals surface area contributed by atoms with Gasteiger partial charge in [0.2, 0.25) is 6.79 Å². The van der Waals surface area contributed by atoms with Gasteiger partial charge in [0.25, 0.3) is 0 Å². The molecule has 0 aromatic heterocycles. The van der Waals surface area contributed by atoms with Gasteiger partial charge in [-0.3, -0.25) is 0 Å². The third kappa shape index (κ3) is 3.27. The molecule has 2 amide bonds. The van der Waals surface area contributed by atoms with Gasteiger partial charge in [0, 0.05) is 24.7 Å². The molecule has 0 bridgehead atoms. The van der Waals surface area contributed by atoms with Crippen molar-refractivity contribution in [2.45, 2.75) is 44.9 Å². The van der Waals surface area contributed by atoms with Crippen LogP contribution in [0.2, 0.25) is 0 Å². The summed E-state index contributed by atoms with van der Waals surface area (Å²) in [4.78, 5) is 14.8. The highest BCUT2D eigenvalue weighted by molar-refractivity contribution is 5.90. The first-order chi connectivity index (χ1) is 13.2. The Morgan fingerprint density at radius 3 is 2.78 bits per heavy atom. The van der Waals surface area contributed by atoms with Crippen LogP contribution in [0.5, 0.6) is 17.2 Å². The first-order valence-electron chi connectivity index (χ1n) is 9.41. The fourth-order valence-corrected chi connectivity index (χ4v) is 3.68. The molecular formula is C21H22N2O4. The zero-order valence-electron chi connectivity index (χ0n) is 15.2. The minimum atomic E-state index is -0.0675. The lowest BCUT2D eigenvalue weighted by molar-refractivity contribution is 0.174. The number of rotatable bonds is 4. The molecule has 1 aliphatic carbocycles. The standard InChI is InChI=1S/C21H22N2O4/c1-13-8-15-10-16(3-7-18(15)27-13)22-21(24)23(17-4-5-17)11-14-2-6-19-20(9-14)26-12-25-19/h2-3,6-7,9-10,13,17H,4-5,8,11-12H2,1H3,(H,22,24). The molecule has 2 heterocycles. The Kier molecular flexibility index (Phi) is 3.85. The second-order valence-corrected chi connectivity index (χ2v) is 7.43. The molecule has 0 spiro atoms. The summed E-state index contributed by atoms with van der Waals surface area (Å²) < 4.78 is 16.5. The van der Waals surface area contributed by atoms with Crippen LogP contribution in [0.15, 0.2) is 36.4 Å². The largest absolute Gasteiger partial charge is 0.490 e. The molecule has 1 saturated carbocycles. The van der Waals surface area contributed by atoms with Gasteiger partial charge in [0.15, 0.2) is 11.5 Å². The minimum absolute atomic E-state index is 0.0675. The van der Waals surface area contributed by atoms with Crippen LogP contribution in [0.25, 0.3) is 0 Å². The second kappa shape index (κ2) is 6.37. The van der Waals surface area contributed by atoms with Crippen molar-refractivity contribution in [3.63, 3.8) is 0 Å². The Hall–Kier alpha value is -2.89. The van der Waals surface area contributed by atoms with Gasteiger partial charge in [0.05, 0.1) is 0 Å². The third-order valence-corrected chi connectivity index (χ3v) is 5.19. The SMILES string of the molecule is CC1Cc2cc(NC(=O)N(Cc3ccc4c(c3)OCO4)C3CC3)ccc2O1. The van der Waals surface area contributed by atoms with Crippen molar-refractivity contribution < 1.29 is 19.0 Å². The average molecular weight is 366 g/mol. The molecule has 140 valence electrons. The van der Waals surface area contributed by atoms with Crippen molar-refractivity contribution in [3.05, 3.63) is 47.5 Å². The second-order valence-electron chi connectivity index (χ2n) is 7.43. The van der Waals surface area contributed by atoms with Gasteiger partial charge in [-0.05, 0) is 61.2 Å². The molecule has 5 rings (SSSR count). The van der Waals surface area contributed by atoms with Crippen molar-refractivity contribution in [2.75, 3.05) is 12.1 Å². The van der Waals surface area contributed by atoms with Gasteiger partial charge in [-0.25, -0.2) is 4.79 Å². The number of hydrogen-bond acceptors (Lipinski definition) is 4. The van der Waals surface area contributed by atoms with E-state index in [1.54, 1.807) is 0 Å². The summed E-state index contributed by atoms with van der Waals surface area (Å²) in [5.74, 6) is 2.42. The summed E-state index contributed by atoms with van der Waals surface area (Å²) in [6.45, 7) is 2.86. The lowest BCUT2D eigenvalue weighted by Crippen LogP contribution is -2.36. The number of fused-ring (bicyclic) bond motifs is 2. The van der Waals surface area contributed by atoms with Crippen molar-refractivity contribution in [1.82, 2.24) is 4.90 Å². The Morgan fingerprint density at radius 1 is 1.11 bits per heavy atom. The molecule has 1 fully saturated rings. The molecule has 0 saturated heterocycles. The summed E-state index contributed by atoms with van der Waals surface area (Å²) in [5, 5.41) is 3.06. The van der Waals surface area contributed by atoms with Gasteiger partial charge in [-0.2, -0.15) is 0 Å². The smallest absolute Gasteiger partial charge is 0.322 e. The van der Waals surface area contributed by atoms with E-state index in [1.165, 1.54) is 0 Å². The van der Waals surface area contributed by atoms with Gasteiger partial charge in [-0.1, -0.05) is 6.07 Å². The number of nitrogens with zero attached hydrogens (tertiary/aromatic N) is 1. The molecule has 2 aromatic rings. The molecule has 6 nitrogen and oxygen atoms in total. The van der Waals surface area contributed by atoms with Crippen LogP contribution < -0.4 is 19.5 Å². The highest BCUT2D eigenvalue weighted by atomic mass is 16.7. The Morgan fingerprint density at radius 2 is 1.93 bits per heavy atom. The monoisotopic (exact) mass is 366 g/mol. The predicted octanol–water partition coefficient (Wildman–Crippen LogP) is 3.94. The van der Waals surface area contributed by atoms with Gasteiger partial charge in [0.1, 0.15) is 11.9 Å². The number of benzene rings is 2. The molecule has 2 aliphatic heterocycles. The fraction of sp³-hybridized carbons (Fsp3) is 0.381. The number of urea groups is 1. The first-order valence-corrected chi connectivity index (χ1v) is 9.41. The summed E-state index contributed by atoms with van der Waals surface area (Å²) in [5.41, 5.74) is 3.00. The number of ether oxygens (including phenoxy) is 3. The lowest BCUT2D eigenvalue weighted by atomic mass is 10.1. The Labute approximate surface area is 158 Å². The van der Waals surface area contributed by atoms with Gasteiger partial charge < -0.3 is 24.4 Å². The minimum Gasteiger partial charge on any atom is -0.490 e. The predicted molar refractivity (Wildman–Crippen MR) is 100 cm³/mol. The van der Waals surface area contributed by atoms with Gasteiger partial charge >= 0.3 is 6.03 Å².